The fraction of sp³-hybridized carbons (Fsp3) is 0.476. The molecule has 0 saturated carbocycles. The number of amides is 1. The second kappa shape index (κ2) is 8.31. The third-order valence-electron chi connectivity index (χ3n) is 5.60. The van der Waals surface area contributed by atoms with E-state index in [1.165, 1.54) is 16.1 Å². The predicted octanol–water partition coefficient (Wildman–Crippen LogP) is 2.85. The molecule has 0 radical (unpaired) electrons. The van der Waals surface area contributed by atoms with Crippen LogP contribution in [0, 0.1) is 0 Å². The number of carbonyl (C=O) groups excluding carboxylic acids is 1. The zero-order valence-corrected chi connectivity index (χ0v) is 16.7. The lowest BCUT2D eigenvalue weighted by molar-refractivity contribution is -0.131. The lowest BCUT2D eigenvalue weighted by Gasteiger charge is -2.36. The van der Waals surface area contributed by atoms with Gasteiger partial charge in [0.2, 0.25) is 5.91 Å². The summed E-state index contributed by atoms with van der Waals surface area (Å²) in [4.78, 5) is 20.9. The van der Waals surface area contributed by atoms with Gasteiger partial charge in [-0.3, -0.25) is 9.69 Å². The van der Waals surface area contributed by atoms with E-state index in [2.05, 4.69) is 33.4 Å². The van der Waals surface area contributed by atoms with E-state index in [1.807, 2.05) is 28.4 Å². The molecule has 3 heterocycles. The molecule has 4 rings (SSSR count). The molecule has 1 saturated heterocycles. The molecule has 1 aromatic heterocycles. The standard InChI is InChI=1S/C21H27N3O2S/c1-26-19-4-2-18(3-5-19)23-11-13-24(14-12-23)21(25)7-10-22-9-6-20-17(16-22)8-15-27-20/h2-5,8,15H,6-7,9-14,16H2,1H3. The number of carbonyl (C=O) groups is 1. The summed E-state index contributed by atoms with van der Waals surface area (Å²) in [5, 5.41) is 2.18. The zero-order valence-electron chi connectivity index (χ0n) is 15.9. The van der Waals surface area contributed by atoms with Gasteiger partial charge in [-0.15, -0.1) is 11.3 Å². The zero-order chi connectivity index (χ0) is 18.6. The highest BCUT2D eigenvalue weighted by molar-refractivity contribution is 7.10. The van der Waals surface area contributed by atoms with Crippen LogP contribution in [-0.4, -0.2) is 62.1 Å². The fourth-order valence-corrected chi connectivity index (χ4v) is 4.81. The van der Waals surface area contributed by atoms with E-state index in [0.717, 1.165) is 58.0 Å². The van der Waals surface area contributed by atoms with Gasteiger partial charge in [-0.25, -0.2) is 0 Å². The minimum absolute atomic E-state index is 0.292. The minimum atomic E-state index is 0.292. The van der Waals surface area contributed by atoms with Crippen LogP contribution in [0.25, 0.3) is 0 Å². The first-order chi connectivity index (χ1) is 13.2. The van der Waals surface area contributed by atoms with Gasteiger partial charge >= 0.3 is 0 Å². The van der Waals surface area contributed by atoms with E-state index in [9.17, 15) is 4.79 Å². The third kappa shape index (κ3) is 4.28. The fourth-order valence-electron chi connectivity index (χ4n) is 3.92. The SMILES string of the molecule is COc1ccc(N2CCN(C(=O)CCN3CCc4sccc4C3)CC2)cc1. The molecule has 27 heavy (non-hydrogen) atoms. The van der Waals surface area contributed by atoms with Crippen LogP contribution in [0.1, 0.15) is 16.9 Å². The Kier molecular flexibility index (Phi) is 5.64. The largest absolute Gasteiger partial charge is 0.497 e. The van der Waals surface area contributed by atoms with Gasteiger partial charge in [-0.1, -0.05) is 0 Å². The number of benzene rings is 1. The number of hydrogen-bond acceptors (Lipinski definition) is 5. The van der Waals surface area contributed by atoms with Crippen LogP contribution in [0.5, 0.6) is 5.75 Å². The number of thiophene rings is 1. The van der Waals surface area contributed by atoms with Crippen molar-refractivity contribution in [3.8, 4) is 5.75 Å². The average molecular weight is 386 g/mol. The Balaban J connectivity index is 1.23. The van der Waals surface area contributed by atoms with E-state index in [1.54, 1.807) is 7.11 Å². The highest BCUT2D eigenvalue weighted by atomic mass is 32.1. The van der Waals surface area contributed by atoms with E-state index < -0.39 is 0 Å². The molecule has 6 heteroatoms. The van der Waals surface area contributed by atoms with Crippen LogP contribution < -0.4 is 9.64 Å². The van der Waals surface area contributed by atoms with Crippen molar-refractivity contribution in [2.24, 2.45) is 0 Å². The molecular formula is C21H27N3O2S. The van der Waals surface area contributed by atoms with Crippen molar-refractivity contribution in [1.82, 2.24) is 9.80 Å². The summed E-state index contributed by atoms with van der Waals surface area (Å²) in [6.45, 7) is 6.33. The maximum absolute atomic E-state index is 12.6. The number of ether oxygens (including phenoxy) is 1. The van der Waals surface area contributed by atoms with E-state index in [0.29, 0.717) is 12.3 Å². The molecule has 144 valence electrons. The van der Waals surface area contributed by atoms with Crippen molar-refractivity contribution in [3.63, 3.8) is 0 Å². The lowest BCUT2D eigenvalue weighted by atomic mass is 10.1. The minimum Gasteiger partial charge on any atom is -0.497 e. The van der Waals surface area contributed by atoms with E-state index in [4.69, 9.17) is 4.74 Å². The quantitative estimate of drug-likeness (QED) is 0.793. The number of methoxy groups -OCH3 is 1. The molecule has 0 atom stereocenters. The second-order valence-corrected chi connectivity index (χ2v) is 8.21. The topological polar surface area (TPSA) is 36.0 Å². The normalized spacial score (nSPS) is 17.7. The van der Waals surface area contributed by atoms with E-state index >= 15 is 0 Å². The summed E-state index contributed by atoms with van der Waals surface area (Å²) >= 11 is 1.86. The number of fused-ring (bicyclic) bond motifs is 1. The molecule has 0 aliphatic carbocycles. The summed E-state index contributed by atoms with van der Waals surface area (Å²) < 4.78 is 5.22. The Bertz CT molecular complexity index is 766. The summed E-state index contributed by atoms with van der Waals surface area (Å²) in [6.07, 6.45) is 1.75. The summed E-state index contributed by atoms with van der Waals surface area (Å²) in [6, 6.07) is 10.4. The monoisotopic (exact) mass is 385 g/mol. The van der Waals surface area contributed by atoms with Crippen LogP contribution in [0.3, 0.4) is 0 Å². The van der Waals surface area contributed by atoms with Gasteiger partial charge in [0.15, 0.2) is 0 Å². The first kappa shape index (κ1) is 18.3. The molecule has 1 amide bonds. The lowest BCUT2D eigenvalue weighted by Crippen LogP contribution is -2.49. The van der Waals surface area contributed by atoms with Crippen molar-refractivity contribution in [1.29, 1.82) is 0 Å². The molecule has 1 fully saturated rings. The molecule has 5 nitrogen and oxygen atoms in total. The molecule has 0 unspecified atom stereocenters. The van der Waals surface area contributed by atoms with Crippen LogP contribution in [0.15, 0.2) is 35.7 Å². The summed E-state index contributed by atoms with van der Waals surface area (Å²) in [7, 11) is 1.68. The number of rotatable bonds is 5. The van der Waals surface area contributed by atoms with Gasteiger partial charge in [0.05, 0.1) is 7.11 Å². The Morgan fingerprint density at radius 3 is 2.59 bits per heavy atom. The second-order valence-electron chi connectivity index (χ2n) is 7.21. The first-order valence-electron chi connectivity index (χ1n) is 9.67. The molecule has 0 N–H and O–H groups in total. The maximum atomic E-state index is 12.6. The van der Waals surface area contributed by atoms with Gasteiger partial charge in [-0.2, -0.15) is 0 Å². The van der Waals surface area contributed by atoms with Crippen LogP contribution in [0.2, 0.25) is 0 Å². The van der Waals surface area contributed by atoms with Crippen LogP contribution in [-0.2, 0) is 17.8 Å². The van der Waals surface area contributed by atoms with Crippen LogP contribution >= 0.6 is 11.3 Å². The summed E-state index contributed by atoms with van der Waals surface area (Å²) in [5.74, 6) is 1.17. The Labute approximate surface area is 165 Å². The highest BCUT2D eigenvalue weighted by Crippen LogP contribution is 2.24. The number of anilines is 1. The Morgan fingerprint density at radius 1 is 1.07 bits per heavy atom. The van der Waals surface area contributed by atoms with Gasteiger partial charge < -0.3 is 14.5 Å². The third-order valence-corrected chi connectivity index (χ3v) is 6.62. The van der Waals surface area contributed by atoms with Crippen molar-refractivity contribution in [2.75, 3.05) is 51.3 Å². The molecular weight excluding hydrogens is 358 g/mol. The average Bonchev–Trinajstić information content (AvgIpc) is 3.20. The molecule has 2 aliphatic heterocycles. The van der Waals surface area contributed by atoms with Crippen molar-refractivity contribution < 1.29 is 9.53 Å². The molecule has 0 bridgehead atoms. The molecule has 2 aliphatic rings. The van der Waals surface area contributed by atoms with Gasteiger partial charge in [0.1, 0.15) is 5.75 Å². The molecule has 1 aromatic carbocycles. The molecule has 2 aromatic rings. The Hall–Kier alpha value is -2.05. The van der Waals surface area contributed by atoms with Crippen molar-refractivity contribution >= 4 is 22.9 Å². The number of nitrogens with zero attached hydrogens (tertiary/aromatic N) is 3. The van der Waals surface area contributed by atoms with Crippen molar-refractivity contribution in [2.45, 2.75) is 19.4 Å². The van der Waals surface area contributed by atoms with E-state index in [-0.39, 0.29) is 0 Å². The Morgan fingerprint density at radius 2 is 1.85 bits per heavy atom. The van der Waals surface area contributed by atoms with Crippen molar-refractivity contribution in [3.05, 3.63) is 46.2 Å². The van der Waals surface area contributed by atoms with Crippen LogP contribution in [0.4, 0.5) is 5.69 Å². The van der Waals surface area contributed by atoms with Gasteiger partial charge in [0.25, 0.3) is 0 Å². The predicted molar refractivity (Wildman–Crippen MR) is 110 cm³/mol. The smallest absolute Gasteiger partial charge is 0.223 e. The maximum Gasteiger partial charge on any atom is 0.223 e. The van der Waals surface area contributed by atoms with Gasteiger partial charge in [-0.05, 0) is 47.7 Å². The number of piperazine rings is 1. The van der Waals surface area contributed by atoms with Gasteiger partial charge in [0, 0.05) is 62.8 Å². The highest BCUT2D eigenvalue weighted by Gasteiger charge is 2.23. The number of hydrogen-bond donors (Lipinski definition) is 0. The molecule has 0 spiro atoms. The first-order valence-corrected chi connectivity index (χ1v) is 10.6. The summed E-state index contributed by atoms with van der Waals surface area (Å²) in [5.41, 5.74) is 2.65.